The van der Waals surface area contributed by atoms with E-state index in [1.165, 1.54) is 10.8 Å². The summed E-state index contributed by atoms with van der Waals surface area (Å²) in [6, 6.07) is 0. The number of unbranched alkanes of at least 4 members (excludes halogenated alkanes) is 1. The Hall–Kier alpha value is -1.52. The summed E-state index contributed by atoms with van der Waals surface area (Å²) in [4.78, 5) is 26.3. The van der Waals surface area contributed by atoms with Crippen molar-refractivity contribution in [3.05, 3.63) is 32.6 Å². The van der Waals surface area contributed by atoms with Crippen LogP contribution in [-0.4, -0.2) is 70.5 Å². The maximum atomic E-state index is 12.0. The van der Waals surface area contributed by atoms with Gasteiger partial charge in [-0.25, -0.2) is 4.79 Å². The van der Waals surface area contributed by atoms with Crippen LogP contribution in [-0.2, 0) is 22.4 Å². The Balaban J connectivity index is 1.69. The van der Waals surface area contributed by atoms with Gasteiger partial charge in [-0.15, -0.1) is 0 Å². The zero-order valence-electron chi connectivity index (χ0n) is 14.2. The van der Waals surface area contributed by atoms with Crippen molar-refractivity contribution >= 4 is 0 Å². The van der Waals surface area contributed by atoms with Crippen LogP contribution < -0.4 is 16.6 Å². The normalized spacial score (nSPS) is 31.4. The summed E-state index contributed by atoms with van der Waals surface area (Å²) in [5.74, 6) is 0. The third-order valence-electron chi connectivity index (χ3n) is 4.71. The predicted octanol–water partition coefficient (Wildman–Crippen LogP) is -2.03. The number of ether oxygens (including phenoxy) is 2. The van der Waals surface area contributed by atoms with Crippen molar-refractivity contribution in [3.8, 4) is 0 Å². The van der Waals surface area contributed by atoms with Gasteiger partial charge in [0.25, 0.3) is 5.56 Å². The van der Waals surface area contributed by atoms with E-state index >= 15 is 0 Å². The van der Waals surface area contributed by atoms with E-state index in [2.05, 4.69) is 10.3 Å². The van der Waals surface area contributed by atoms with Gasteiger partial charge in [-0.05, 0) is 32.9 Å². The van der Waals surface area contributed by atoms with Gasteiger partial charge in [0.2, 0.25) is 0 Å². The van der Waals surface area contributed by atoms with Gasteiger partial charge >= 0.3 is 5.69 Å². The minimum Gasteiger partial charge on any atom is -0.388 e. The van der Waals surface area contributed by atoms with Crippen LogP contribution in [0.4, 0.5) is 0 Å². The van der Waals surface area contributed by atoms with E-state index in [-0.39, 0.29) is 18.2 Å². The standard InChI is InChI=1S/C16H25N3O6/c1-17-5-3-2-4-9-6-19(16(23)18-15(9)22)7-10-12(20)13(21)14(25-10)11-8-24-11/h6,10-14,17,20-21H,2-5,7-8H2,1H3,(H,18,22,23). The van der Waals surface area contributed by atoms with Crippen LogP contribution in [0, 0.1) is 0 Å². The highest BCUT2D eigenvalue weighted by molar-refractivity contribution is 5.05. The number of H-pyrrole nitrogens is 1. The van der Waals surface area contributed by atoms with Crippen molar-refractivity contribution in [2.75, 3.05) is 20.2 Å². The monoisotopic (exact) mass is 355 g/mol. The lowest BCUT2D eigenvalue weighted by Crippen LogP contribution is -2.39. The van der Waals surface area contributed by atoms with E-state index in [0.717, 1.165) is 19.4 Å². The Bertz CT molecular complexity index is 698. The van der Waals surface area contributed by atoms with Gasteiger partial charge in [0.05, 0.1) is 13.2 Å². The van der Waals surface area contributed by atoms with E-state index in [0.29, 0.717) is 18.6 Å². The largest absolute Gasteiger partial charge is 0.388 e. The summed E-state index contributed by atoms with van der Waals surface area (Å²) in [6.45, 7) is 1.42. The maximum absolute atomic E-state index is 12.0. The molecule has 2 fully saturated rings. The lowest BCUT2D eigenvalue weighted by molar-refractivity contribution is -0.0131. The van der Waals surface area contributed by atoms with Gasteiger partial charge in [0.15, 0.2) is 0 Å². The number of aryl methyl sites for hydroxylation is 1. The van der Waals surface area contributed by atoms with Gasteiger partial charge in [0.1, 0.15) is 30.5 Å². The molecule has 3 heterocycles. The quantitative estimate of drug-likeness (QED) is 0.312. The number of epoxide rings is 1. The number of nitrogens with zero attached hydrogens (tertiary/aromatic N) is 1. The highest BCUT2D eigenvalue weighted by Crippen LogP contribution is 2.30. The van der Waals surface area contributed by atoms with Crippen LogP contribution in [0.15, 0.2) is 15.8 Å². The molecule has 25 heavy (non-hydrogen) atoms. The molecule has 2 aliphatic rings. The number of hydrogen-bond acceptors (Lipinski definition) is 7. The Morgan fingerprint density at radius 3 is 2.76 bits per heavy atom. The molecule has 1 aromatic rings. The molecule has 3 rings (SSSR count). The average Bonchev–Trinajstić information content (AvgIpc) is 3.38. The van der Waals surface area contributed by atoms with Gasteiger partial charge < -0.3 is 25.0 Å². The molecule has 0 aliphatic carbocycles. The first-order valence-electron chi connectivity index (χ1n) is 8.61. The number of rotatable bonds is 8. The van der Waals surface area contributed by atoms with E-state index in [4.69, 9.17) is 9.47 Å². The molecule has 0 saturated carbocycles. The molecule has 0 spiro atoms. The van der Waals surface area contributed by atoms with E-state index in [9.17, 15) is 19.8 Å². The van der Waals surface area contributed by atoms with Gasteiger partial charge in [-0.1, -0.05) is 0 Å². The van der Waals surface area contributed by atoms with Crippen molar-refractivity contribution in [2.45, 2.75) is 56.3 Å². The summed E-state index contributed by atoms with van der Waals surface area (Å²) >= 11 is 0. The highest BCUT2D eigenvalue weighted by Gasteiger charge is 2.50. The van der Waals surface area contributed by atoms with Crippen LogP contribution in [0.2, 0.25) is 0 Å². The first kappa shape index (κ1) is 18.3. The predicted molar refractivity (Wildman–Crippen MR) is 88.6 cm³/mol. The Morgan fingerprint density at radius 2 is 2.08 bits per heavy atom. The number of aromatic nitrogens is 2. The molecule has 9 heteroatoms. The number of aromatic amines is 1. The molecule has 5 atom stereocenters. The molecule has 4 N–H and O–H groups in total. The number of aliphatic hydroxyl groups excluding tert-OH is 2. The van der Waals surface area contributed by atoms with Crippen molar-refractivity contribution in [2.24, 2.45) is 0 Å². The summed E-state index contributed by atoms with van der Waals surface area (Å²) in [6.07, 6.45) is 0.161. The van der Waals surface area contributed by atoms with Crippen LogP contribution in [0.3, 0.4) is 0 Å². The Kier molecular flexibility index (Phi) is 5.70. The Morgan fingerprint density at radius 1 is 1.32 bits per heavy atom. The van der Waals surface area contributed by atoms with Gasteiger partial charge in [0, 0.05) is 11.8 Å². The molecule has 2 aliphatic heterocycles. The van der Waals surface area contributed by atoms with Crippen molar-refractivity contribution < 1.29 is 19.7 Å². The van der Waals surface area contributed by atoms with Crippen LogP contribution >= 0.6 is 0 Å². The number of hydrogen-bond donors (Lipinski definition) is 4. The van der Waals surface area contributed by atoms with Gasteiger partial charge in [-0.3, -0.25) is 14.3 Å². The third-order valence-corrected chi connectivity index (χ3v) is 4.71. The summed E-state index contributed by atoms with van der Waals surface area (Å²) in [5.41, 5.74) is -0.422. The fraction of sp³-hybridized carbons (Fsp3) is 0.750. The second-order valence-corrected chi connectivity index (χ2v) is 6.62. The average molecular weight is 355 g/mol. The zero-order chi connectivity index (χ0) is 18.0. The second-order valence-electron chi connectivity index (χ2n) is 6.62. The smallest absolute Gasteiger partial charge is 0.328 e. The molecule has 0 radical (unpaired) electrons. The zero-order valence-corrected chi connectivity index (χ0v) is 14.2. The molecule has 9 nitrogen and oxygen atoms in total. The third kappa shape index (κ3) is 4.18. The molecule has 140 valence electrons. The lowest BCUT2D eigenvalue weighted by atomic mass is 10.1. The topological polar surface area (TPSA) is 129 Å². The molecule has 0 aromatic carbocycles. The molecular formula is C16H25N3O6. The lowest BCUT2D eigenvalue weighted by Gasteiger charge is -2.16. The molecule has 0 amide bonds. The van der Waals surface area contributed by atoms with Gasteiger partial charge in [-0.2, -0.15) is 0 Å². The molecular weight excluding hydrogens is 330 g/mol. The molecule has 5 unspecified atom stereocenters. The van der Waals surface area contributed by atoms with E-state index in [1.807, 2.05) is 7.05 Å². The Labute approximate surface area is 144 Å². The summed E-state index contributed by atoms with van der Waals surface area (Å²) in [7, 11) is 1.87. The SMILES string of the molecule is CNCCCCc1cn(CC2OC(C3CO3)C(O)C2O)c(=O)[nH]c1=O. The van der Waals surface area contributed by atoms with E-state index < -0.39 is 30.1 Å². The number of aliphatic hydroxyl groups is 2. The fourth-order valence-corrected chi connectivity index (χ4v) is 3.16. The summed E-state index contributed by atoms with van der Waals surface area (Å²) in [5, 5.41) is 23.2. The maximum Gasteiger partial charge on any atom is 0.328 e. The first-order valence-corrected chi connectivity index (χ1v) is 8.61. The van der Waals surface area contributed by atoms with Crippen LogP contribution in [0.5, 0.6) is 0 Å². The van der Waals surface area contributed by atoms with E-state index in [1.54, 1.807) is 0 Å². The van der Waals surface area contributed by atoms with Crippen LogP contribution in [0.1, 0.15) is 18.4 Å². The fourth-order valence-electron chi connectivity index (χ4n) is 3.16. The minimum atomic E-state index is -1.10. The van der Waals surface area contributed by atoms with Crippen LogP contribution in [0.25, 0.3) is 0 Å². The number of nitrogens with one attached hydrogen (secondary N) is 2. The van der Waals surface area contributed by atoms with Crippen molar-refractivity contribution in [1.82, 2.24) is 14.9 Å². The summed E-state index contributed by atoms with van der Waals surface area (Å²) < 4.78 is 12.1. The van der Waals surface area contributed by atoms with Crippen molar-refractivity contribution in [3.63, 3.8) is 0 Å². The minimum absolute atomic E-state index is 0.0561. The highest BCUT2D eigenvalue weighted by atomic mass is 16.6. The second kappa shape index (κ2) is 7.79. The van der Waals surface area contributed by atoms with Crippen molar-refractivity contribution in [1.29, 1.82) is 0 Å². The molecule has 2 saturated heterocycles. The first-order chi connectivity index (χ1) is 12.0. The molecule has 0 bridgehead atoms. The molecule has 1 aromatic heterocycles.